The molecular formula is C18H18N4OS. The molecule has 1 saturated carbocycles. The third-order valence-corrected chi connectivity index (χ3v) is 5.25. The molecule has 1 N–H and O–H groups in total. The lowest BCUT2D eigenvalue weighted by molar-refractivity contribution is 0.102. The van der Waals surface area contributed by atoms with Crippen LogP contribution in [0.3, 0.4) is 0 Å². The van der Waals surface area contributed by atoms with Crippen molar-refractivity contribution in [1.82, 2.24) is 14.8 Å². The molecule has 4 rings (SSSR count). The molecule has 0 bridgehead atoms. The highest BCUT2D eigenvalue weighted by Crippen LogP contribution is 2.42. The molecule has 0 radical (unpaired) electrons. The number of anilines is 1. The van der Waals surface area contributed by atoms with Gasteiger partial charge in [-0.15, -0.1) is 10.2 Å². The van der Waals surface area contributed by atoms with Crippen molar-refractivity contribution in [3.8, 4) is 5.69 Å². The normalized spacial score (nSPS) is 13.9. The molecule has 1 aliphatic carbocycles. The highest BCUT2D eigenvalue weighted by Gasteiger charge is 2.27. The van der Waals surface area contributed by atoms with E-state index in [2.05, 4.69) is 46.1 Å². The number of nitrogens with zero attached hydrogens (tertiary/aromatic N) is 3. The van der Waals surface area contributed by atoms with Crippen molar-refractivity contribution < 1.29 is 4.79 Å². The summed E-state index contributed by atoms with van der Waals surface area (Å²) in [6.45, 7) is 4.14. The fraction of sp³-hybridized carbons (Fsp3) is 0.278. The van der Waals surface area contributed by atoms with Gasteiger partial charge in [0.25, 0.3) is 5.91 Å². The molecule has 1 amide bonds. The molecule has 0 spiro atoms. The summed E-state index contributed by atoms with van der Waals surface area (Å²) in [6, 6.07) is 11.8. The Morgan fingerprint density at radius 2 is 1.75 bits per heavy atom. The average Bonchev–Trinajstić information content (AvgIpc) is 3.24. The van der Waals surface area contributed by atoms with Crippen LogP contribution in [0.1, 0.15) is 45.5 Å². The Labute approximate surface area is 144 Å². The molecule has 1 fully saturated rings. The zero-order chi connectivity index (χ0) is 16.7. The topological polar surface area (TPSA) is 59.8 Å². The number of carbonyl (C=O) groups is 1. The zero-order valence-corrected chi connectivity index (χ0v) is 14.4. The SMILES string of the molecule is Cc1ccc(C)n1-c1ccc(C(=O)Nc2nnc(C3CC3)s2)cc1. The second-order valence-electron chi connectivity index (χ2n) is 6.17. The molecule has 2 heterocycles. The molecule has 0 atom stereocenters. The summed E-state index contributed by atoms with van der Waals surface area (Å²) in [5.74, 6) is 0.404. The molecule has 1 aromatic carbocycles. The van der Waals surface area contributed by atoms with Crippen LogP contribution >= 0.6 is 11.3 Å². The third-order valence-electron chi connectivity index (χ3n) is 4.25. The Morgan fingerprint density at radius 1 is 1.08 bits per heavy atom. The van der Waals surface area contributed by atoms with Crippen molar-refractivity contribution in [3.63, 3.8) is 0 Å². The van der Waals surface area contributed by atoms with Crippen LogP contribution in [-0.4, -0.2) is 20.7 Å². The predicted molar refractivity (Wildman–Crippen MR) is 95.1 cm³/mol. The number of carbonyl (C=O) groups excluding carboxylic acids is 1. The Balaban J connectivity index is 1.50. The second kappa shape index (κ2) is 5.87. The van der Waals surface area contributed by atoms with E-state index in [9.17, 15) is 4.79 Å². The van der Waals surface area contributed by atoms with Gasteiger partial charge in [0.1, 0.15) is 5.01 Å². The molecular weight excluding hydrogens is 320 g/mol. The van der Waals surface area contributed by atoms with Crippen LogP contribution in [0.4, 0.5) is 5.13 Å². The fourth-order valence-electron chi connectivity index (χ4n) is 2.79. The summed E-state index contributed by atoms with van der Waals surface area (Å²) < 4.78 is 2.16. The van der Waals surface area contributed by atoms with Gasteiger partial charge >= 0.3 is 0 Å². The number of aromatic nitrogens is 3. The summed E-state index contributed by atoms with van der Waals surface area (Å²) >= 11 is 1.47. The molecule has 6 heteroatoms. The van der Waals surface area contributed by atoms with Gasteiger partial charge in [0, 0.05) is 28.6 Å². The third kappa shape index (κ3) is 2.85. The van der Waals surface area contributed by atoms with E-state index in [1.807, 2.05) is 24.3 Å². The minimum Gasteiger partial charge on any atom is -0.319 e. The first-order chi connectivity index (χ1) is 11.6. The number of benzene rings is 1. The van der Waals surface area contributed by atoms with E-state index in [0.29, 0.717) is 16.6 Å². The summed E-state index contributed by atoms with van der Waals surface area (Å²) in [7, 11) is 0. The van der Waals surface area contributed by atoms with E-state index in [1.165, 1.54) is 35.6 Å². The quantitative estimate of drug-likeness (QED) is 0.780. The minimum absolute atomic E-state index is 0.152. The smallest absolute Gasteiger partial charge is 0.257 e. The van der Waals surface area contributed by atoms with Crippen molar-refractivity contribution >= 4 is 22.4 Å². The fourth-order valence-corrected chi connectivity index (χ4v) is 3.69. The number of amides is 1. The maximum atomic E-state index is 12.4. The highest BCUT2D eigenvalue weighted by atomic mass is 32.1. The maximum Gasteiger partial charge on any atom is 0.257 e. The lowest BCUT2D eigenvalue weighted by atomic mass is 10.2. The predicted octanol–water partition coefficient (Wildman–Crippen LogP) is 4.08. The van der Waals surface area contributed by atoms with Gasteiger partial charge in [0.2, 0.25) is 5.13 Å². The largest absolute Gasteiger partial charge is 0.319 e. The van der Waals surface area contributed by atoms with Gasteiger partial charge in [-0.25, -0.2) is 0 Å². The maximum absolute atomic E-state index is 12.4. The van der Waals surface area contributed by atoms with Gasteiger partial charge in [-0.3, -0.25) is 10.1 Å². The van der Waals surface area contributed by atoms with Gasteiger partial charge in [-0.1, -0.05) is 11.3 Å². The molecule has 24 heavy (non-hydrogen) atoms. The molecule has 0 aliphatic heterocycles. The lowest BCUT2D eigenvalue weighted by Gasteiger charge is -2.10. The first kappa shape index (κ1) is 15.1. The monoisotopic (exact) mass is 338 g/mol. The molecule has 2 aromatic heterocycles. The molecule has 1 aliphatic rings. The van der Waals surface area contributed by atoms with Gasteiger partial charge in [-0.2, -0.15) is 0 Å². The second-order valence-corrected chi connectivity index (χ2v) is 7.18. The summed E-state index contributed by atoms with van der Waals surface area (Å²) in [5.41, 5.74) is 4.01. The molecule has 3 aromatic rings. The van der Waals surface area contributed by atoms with E-state index < -0.39 is 0 Å². The molecule has 0 saturated heterocycles. The van der Waals surface area contributed by atoms with Crippen molar-refractivity contribution in [1.29, 1.82) is 0 Å². The zero-order valence-electron chi connectivity index (χ0n) is 13.6. The van der Waals surface area contributed by atoms with Crippen LogP contribution in [0.25, 0.3) is 5.69 Å². The summed E-state index contributed by atoms with van der Waals surface area (Å²) in [5, 5.41) is 12.6. The van der Waals surface area contributed by atoms with Crippen LogP contribution < -0.4 is 5.32 Å². The number of hydrogen-bond acceptors (Lipinski definition) is 4. The van der Waals surface area contributed by atoms with Crippen LogP contribution in [-0.2, 0) is 0 Å². The van der Waals surface area contributed by atoms with Crippen LogP contribution in [0.5, 0.6) is 0 Å². The van der Waals surface area contributed by atoms with Crippen LogP contribution in [0, 0.1) is 13.8 Å². The lowest BCUT2D eigenvalue weighted by Crippen LogP contribution is -2.11. The number of rotatable bonds is 4. The Hall–Kier alpha value is -2.47. The minimum atomic E-state index is -0.152. The van der Waals surface area contributed by atoms with E-state index in [4.69, 9.17) is 0 Å². The van der Waals surface area contributed by atoms with Crippen LogP contribution in [0.2, 0.25) is 0 Å². The first-order valence-electron chi connectivity index (χ1n) is 8.02. The van der Waals surface area contributed by atoms with Crippen molar-refractivity contribution in [3.05, 3.63) is 58.4 Å². The molecule has 0 unspecified atom stereocenters. The Kier molecular flexibility index (Phi) is 3.69. The summed E-state index contributed by atoms with van der Waals surface area (Å²) in [4.78, 5) is 12.4. The standard InChI is InChI=1S/C18H18N4OS/c1-11-3-4-12(2)22(11)15-9-7-13(8-10-15)16(23)19-18-21-20-17(24-18)14-5-6-14/h3-4,7-10,14H,5-6H2,1-2H3,(H,19,21,23). The van der Waals surface area contributed by atoms with E-state index >= 15 is 0 Å². The van der Waals surface area contributed by atoms with Crippen molar-refractivity contribution in [2.45, 2.75) is 32.6 Å². The van der Waals surface area contributed by atoms with Crippen LogP contribution in [0.15, 0.2) is 36.4 Å². The number of nitrogens with one attached hydrogen (secondary N) is 1. The van der Waals surface area contributed by atoms with Gasteiger partial charge < -0.3 is 4.57 Å². The first-order valence-corrected chi connectivity index (χ1v) is 8.83. The molecule has 5 nitrogen and oxygen atoms in total. The van der Waals surface area contributed by atoms with E-state index in [-0.39, 0.29) is 5.91 Å². The van der Waals surface area contributed by atoms with Gasteiger partial charge in [-0.05, 0) is 63.1 Å². The van der Waals surface area contributed by atoms with Gasteiger partial charge in [0.05, 0.1) is 0 Å². The molecule has 122 valence electrons. The highest BCUT2D eigenvalue weighted by molar-refractivity contribution is 7.15. The van der Waals surface area contributed by atoms with E-state index in [0.717, 1.165) is 10.7 Å². The number of hydrogen-bond donors (Lipinski definition) is 1. The number of aryl methyl sites for hydroxylation is 2. The van der Waals surface area contributed by atoms with Gasteiger partial charge in [0.15, 0.2) is 0 Å². The Bertz CT molecular complexity index is 871. The average molecular weight is 338 g/mol. The Morgan fingerprint density at radius 3 is 2.38 bits per heavy atom. The van der Waals surface area contributed by atoms with E-state index in [1.54, 1.807) is 0 Å². The summed E-state index contributed by atoms with van der Waals surface area (Å²) in [6.07, 6.45) is 2.37. The van der Waals surface area contributed by atoms with Crippen molar-refractivity contribution in [2.75, 3.05) is 5.32 Å². The van der Waals surface area contributed by atoms with Crippen molar-refractivity contribution in [2.24, 2.45) is 0 Å².